The Balaban J connectivity index is 0.00000242. The summed E-state index contributed by atoms with van der Waals surface area (Å²) >= 11 is 0. The summed E-state index contributed by atoms with van der Waals surface area (Å²) in [7, 11) is 1.71. The molecule has 0 bridgehead atoms. The normalized spacial score (nSPS) is 21.1. The molecule has 1 aromatic heterocycles. The zero-order chi connectivity index (χ0) is 15.3. The van der Waals surface area contributed by atoms with Crippen molar-refractivity contribution in [3.63, 3.8) is 0 Å². The van der Waals surface area contributed by atoms with Crippen molar-refractivity contribution < 1.29 is 14.3 Å². The summed E-state index contributed by atoms with van der Waals surface area (Å²) in [6.45, 7) is 6.36. The number of aliphatic hydroxyl groups is 1. The van der Waals surface area contributed by atoms with Crippen LogP contribution >= 0.6 is 24.0 Å². The molecular weight excluding hydrogens is 397 g/mol. The fourth-order valence-corrected chi connectivity index (χ4v) is 2.27. The molecule has 2 heterocycles. The summed E-state index contributed by atoms with van der Waals surface area (Å²) in [6.07, 6.45) is 1.08. The molecule has 0 aromatic carbocycles. The lowest BCUT2D eigenvalue weighted by Gasteiger charge is -2.23. The Hall–Kier alpha value is -0.800. The van der Waals surface area contributed by atoms with Crippen LogP contribution in [0.2, 0.25) is 0 Å². The maximum atomic E-state index is 10.5. The quantitative estimate of drug-likeness (QED) is 0.381. The molecule has 0 saturated carbocycles. The average molecular weight is 423 g/mol. The van der Waals surface area contributed by atoms with Crippen LogP contribution in [-0.2, 0) is 10.3 Å². The van der Waals surface area contributed by atoms with E-state index in [9.17, 15) is 5.11 Å². The molecule has 1 saturated heterocycles. The van der Waals surface area contributed by atoms with Crippen molar-refractivity contribution in [3.05, 3.63) is 23.7 Å². The van der Waals surface area contributed by atoms with E-state index in [-0.39, 0.29) is 24.0 Å². The lowest BCUT2D eigenvalue weighted by molar-refractivity contribution is 0.0378. The minimum Gasteiger partial charge on any atom is -0.463 e. The Bertz CT molecular complexity index is 482. The molecule has 7 heteroatoms. The molecule has 0 spiro atoms. The zero-order valence-electron chi connectivity index (χ0n) is 13.4. The Morgan fingerprint density at radius 2 is 2.23 bits per heavy atom. The maximum absolute atomic E-state index is 10.5. The van der Waals surface area contributed by atoms with Gasteiger partial charge >= 0.3 is 0 Å². The smallest absolute Gasteiger partial charge is 0.191 e. The summed E-state index contributed by atoms with van der Waals surface area (Å²) in [5.74, 6) is 2.53. The fraction of sp³-hybridized carbons (Fsp3) is 0.667. The van der Waals surface area contributed by atoms with Gasteiger partial charge in [-0.15, -0.1) is 24.0 Å². The van der Waals surface area contributed by atoms with E-state index in [1.165, 1.54) is 0 Å². The third kappa shape index (κ3) is 5.44. The third-order valence-corrected chi connectivity index (χ3v) is 3.68. The number of ether oxygens (including phenoxy) is 1. The van der Waals surface area contributed by atoms with Crippen LogP contribution in [0.4, 0.5) is 0 Å². The van der Waals surface area contributed by atoms with E-state index in [0.29, 0.717) is 24.2 Å². The number of rotatable bonds is 5. The first-order valence-electron chi connectivity index (χ1n) is 7.33. The van der Waals surface area contributed by atoms with Crippen molar-refractivity contribution in [3.8, 4) is 0 Å². The molecule has 2 atom stereocenters. The van der Waals surface area contributed by atoms with Crippen LogP contribution in [-0.4, -0.2) is 44.4 Å². The molecule has 1 aliphatic rings. The number of nitrogens with zero attached hydrogens (tertiary/aromatic N) is 1. The van der Waals surface area contributed by atoms with Gasteiger partial charge in [-0.25, -0.2) is 0 Å². The molecule has 2 unspecified atom stereocenters. The van der Waals surface area contributed by atoms with Gasteiger partial charge in [-0.1, -0.05) is 0 Å². The number of halogens is 1. The van der Waals surface area contributed by atoms with Gasteiger partial charge in [0.25, 0.3) is 0 Å². The predicted octanol–water partition coefficient (Wildman–Crippen LogP) is 1.62. The highest BCUT2D eigenvalue weighted by atomic mass is 127. The molecule has 126 valence electrons. The molecule has 1 aromatic rings. The minimum absolute atomic E-state index is 0. The summed E-state index contributed by atoms with van der Waals surface area (Å²) in [5, 5.41) is 16.9. The second kappa shape index (κ2) is 8.73. The molecule has 1 fully saturated rings. The second-order valence-corrected chi connectivity index (χ2v) is 5.72. The van der Waals surface area contributed by atoms with Crippen molar-refractivity contribution in [2.24, 2.45) is 10.9 Å². The highest BCUT2D eigenvalue weighted by Crippen LogP contribution is 2.21. The first-order valence-corrected chi connectivity index (χ1v) is 7.33. The van der Waals surface area contributed by atoms with Gasteiger partial charge in [-0.2, -0.15) is 0 Å². The van der Waals surface area contributed by atoms with E-state index >= 15 is 0 Å². The molecule has 2 rings (SSSR count). The topological polar surface area (TPSA) is 79.0 Å². The van der Waals surface area contributed by atoms with E-state index in [1.807, 2.05) is 13.0 Å². The Labute approximate surface area is 148 Å². The molecule has 0 amide bonds. The van der Waals surface area contributed by atoms with E-state index in [2.05, 4.69) is 15.6 Å². The van der Waals surface area contributed by atoms with E-state index in [4.69, 9.17) is 9.15 Å². The highest BCUT2D eigenvalue weighted by Gasteiger charge is 2.27. The van der Waals surface area contributed by atoms with Crippen molar-refractivity contribution in [2.45, 2.75) is 25.9 Å². The van der Waals surface area contributed by atoms with Gasteiger partial charge in [0.2, 0.25) is 0 Å². The number of nitrogens with one attached hydrogen (secondary N) is 2. The Kier molecular flexibility index (Phi) is 7.64. The van der Waals surface area contributed by atoms with Crippen molar-refractivity contribution in [2.75, 3.05) is 33.4 Å². The molecule has 22 heavy (non-hydrogen) atoms. The van der Waals surface area contributed by atoms with Crippen LogP contribution in [0.3, 0.4) is 0 Å². The van der Waals surface area contributed by atoms with Crippen LogP contribution in [0.25, 0.3) is 0 Å². The summed E-state index contributed by atoms with van der Waals surface area (Å²) < 4.78 is 10.8. The number of guanidine groups is 1. The molecular formula is C15H26IN3O3. The molecule has 0 aliphatic carbocycles. The van der Waals surface area contributed by atoms with Crippen LogP contribution in [0.1, 0.15) is 24.9 Å². The van der Waals surface area contributed by atoms with Crippen LogP contribution in [0, 0.1) is 12.8 Å². The lowest BCUT2D eigenvalue weighted by atomic mass is 10.0. The van der Waals surface area contributed by atoms with Gasteiger partial charge in [0.15, 0.2) is 5.96 Å². The van der Waals surface area contributed by atoms with Crippen LogP contribution in [0.5, 0.6) is 0 Å². The number of furan rings is 1. The second-order valence-electron chi connectivity index (χ2n) is 5.72. The van der Waals surface area contributed by atoms with Gasteiger partial charge < -0.3 is 24.9 Å². The highest BCUT2D eigenvalue weighted by molar-refractivity contribution is 14.0. The van der Waals surface area contributed by atoms with Gasteiger partial charge in [-0.05, 0) is 32.4 Å². The lowest BCUT2D eigenvalue weighted by Crippen LogP contribution is -2.45. The number of aliphatic imine (C=N–C) groups is 1. The average Bonchev–Trinajstić information content (AvgIpc) is 3.10. The minimum atomic E-state index is -1.08. The van der Waals surface area contributed by atoms with E-state index in [1.54, 1.807) is 20.0 Å². The number of aryl methyl sites for hydroxylation is 1. The number of hydrogen-bond acceptors (Lipinski definition) is 4. The van der Waals surface area contributed by atoms with Crippen molar-refractivity contribution >= 4 is 29.9 Å². The monoisotopic (exact) mass is 423 g/mol. The van der Waals surface area contributed by atoms with E-state index in [0.717, 1.165) is 31.9 Å². The van der Waals surface area contributed by atoms with Crippen LogP contribution in [0.15, 0.2) is 21.5 Å². The molecule has 0 radical (unpaired) electrons. The van der Waals surface area contributed by atoms with Gasteiger partial charge in [0.05, 0.1) is 13.2 Å². The predicted molar refractivity (Wildman–Crippen MR) is 96.7 cm³/mol. The van der Waals surface area contributed by atoms with E-state index < -0.39 is 5.60 Å². The fourth-order valence-electron chi connectivity index (χ4n) is 2.27. The van der Waals surface area contributed by atoms with Crippen LogP contribution < -0.4 is 10.6 Å². The molecule has 3 N–H and O–H groups in total. The van der Waals surface area contributed by atoms with Crippen molar-refractivity contribution in [1.29, 1.82) is 0 Å². The zero-order valence-corrected chi connectivity index (χ0v) is 15.7. The first-order chi connectivity index (χ1) is 10.0. The van der Waals surface area contributed by atoms with Gasteiger partial charge in [0.1, 0.15) is 17.1 Å². The Morgan fingerprint density at radius 3 is 2.77 bits per heavy atom. The standard InChI is InChI=1S/C15H25N3O3.HI/c1-11-4-5-13(21-11)15(2,19)10-18-14(16-3)17-8-12-6-7-20-9-12;/h4-5,12,19H,6-10H2,1-3H3,(H2,16,17,18);1H. The van der Waals surface area contributed by atoms with Crippen molar-refractivity contribution in [1.82, 2.24) is 10.6 Å². The number of hydrogen-bond donors (Lipinski definition) is 3. The first kappa shape index (κ1) is 19.2. The largest absolute Gasteiger partial charge is 0.463 e. The van der Waals surface area contributed by atoms with Gasteiger partial charge in [0, 0.05) is 26.1 Å². The SMILES string of the molecule is CN=C(NCC1CCOC1)NCC(C)(O)c1ccc(C)o1.I. The molecule has 1 aliphatic heterocycles. The Morgan fingerprint density at radius 1 is 1.45 bits per heavy atom. The van der Waals surface area contributed by atoms with Gasteiger partial charge in [-0.3, -0.25) is 4.99 Å². The summed E-state index contributed by atoms with van der Waals surface area (Å²) in [4.78, 5) is 4.16. The summed E-state index contributed by atoms with van der Waals surface area (Å²) in [6, 6.07) is 3.64. The maximum Gasteiger partial charge on any atom is 0.191 e. The molecule has 6 nitrogen and oxygen atoms in total. The summed E-state index contributed by atoms with van der Waals surface area (Å²) in [5.41, 5.74) is -1.08. The third-order valence-electron chi connectivity index (χ3n) is 3.68.